The molecular weight excluding hydrogens is 1980 g/mol. The van der Waals surface area contributed by atoms with Gasteiger partial charge in [-0.2, -0.15) is 13.2 Å². The number of hydrogen-bond donors (Lipinski definition) is 8. The van der Waals surface area contributed by atoms with E-state index < -0.39 is 64.9 Å². The van der Waals surface area contributed by atoms with E-state index >= 15 is 0 Å². The molecule has 0 aliphatic carbocycles. The number of aliphatic hydroxyl groups is 3. The van der Waals surface area contributed by atoms with Gasteiger partial charge in [-0.3, -0.25) is 19.3 Å². The summed E-state index contributed by atoms with van der Waals surface area (Å²) in [4.78, 5) is 69.5. The van der Waals surface area contributed by atoms with Crippen LogP contribution < -0.4 is 75.5 Å². The van der Waals surface area contributed by atoms with Crippen molar-refractivity contribution < 1.29 is 171 Å². The van der Waals surface area contributed by atoms with E-state index in [1.54, 1.807) is 27.7 Å². The minimum absolute atomic E-state index is 0. The van der Waals surface area contributed by atoms with E-state index in [-0.39, 0.29) is 215 Å². The fourth-order valence-corrected chi connectivity index (χ4v) is 13.2. The molecule has 4 heterocycles. The average molecular weight is 2150 g/mol. The quantitative estimate of drug-likeness (QED) is 0.00589. The predicted molar refractivity (Wildman–Crippen MR) is 586 cm³/mol. The number of ketones is 1. The molecular formula is C114H173Cl2F3N6Na2O22. The molecule has 4 fully saturated rings. The Balaban J connectivity index is -0.000000254. The topological polar surface area (TPSA) is 391 Å². The molecule has 9 aromatic rings. The van der Waals surface area contributed by atoms with Crippen LogP contribution in [0.15, 0.2) is 278 Å². The Morgan fingerprint density at radius 2 is 0.859 bits per heavy atom. The molecule has 828 valence electrons. The number of alkyl halides is 5. The van der Waals surface area contributed by atoms with Crippen LogP contribution in [0.1, 0.15) is 192 Å². The Morgan fingerprint density at radius 1 is 0.503 bits per heavy atom. The summed E-state index contributed by atoms with van der Waals surface area (Å²) in [6.07, 6.45) is -3.06. The summed E-state index contributed by atoms with van der Waals surface area (Å²) in [5, 5.41) is 57.1. The first-order valence-corrected chi connectivity index (χ1v) is 47.0. The predicted octanol–water partition coefficient (Wildman–Crippen LogP) is 16.4. The molecule has 149 heavy (non-hydrogen) atoms. The molecule has 2 amide bonds. The van der Waals surface area contributed by atoms with Gasteiger partial charge < -0.3 is 106 Å². The van der Waals surface area contributed by atoms with E-state index in [0.29, 0.717) is 65.5 Å². The van der Waals surface area contributed by atoms with E-state index in [4.69, 9.17) is 107 Å². The van der Waals surface area contributed by atoms with Gasteiger partial charge in [0, 0.05) is 58.8 Å². The van der Waals surface area contributed by atoms with Gasteiger partial charge in [-0.25, -0.2) is 9.59 Å². The number of alkyl carbamates (subject to hydrolysis) is 1. The number of aliphatic carboxylic acids is 2. The first-order chi connectivity index (χ1) is 66.6. The molecule has 28 nitrogen and oxygen atoms in total. The number of nitrogens with zero attached hydrogens (tertiary/aromatic N) is 3. The molecule has 9 aromatic carbocycles. The number of amides is 2. The third-order valence-corrected chi connectivity index (χ3v) is 20.5. The van der Waals surface area contributed by atoms with Crippen LogP contribution in [0.25, 0.3) is 0 Å². The van der Waals surface area contributed by atoms with Crippen LogP contribution in [0.4, 0.5) is 18.0 Å². The number of morpholine rings is 3. The maximum Gasteiger partial charge on any atom is 1.00 e. The Kier molecular flexibility index (Phi) is 94.8. The summed E-state index contributed by atoms with van der Waals surface area (Å²) in [6, 6.07) is 88.7. The second-order valence-electron chi connectivity index (χ2n) is 33.8. The SMILES string of the molecule is C.C.C.C.C.C.C.C.CC(C)(C)OC(=O)N[C@H](COCc1ccccc1)C(=O)O.CC(O)CCCc1ccccc1.C[C@@H](O)CCC(=O)[C@H](Cl)COCc1ccccc1.C[C@@H]1CN(Cc2ccccc2)C(=O)[C@H](COCc2ccccc2)O1.C[C@@H]1CN(Cc2ccccc2)C[C@H](COCc2ccccc2)O1.C[C@@H]1CNC[C@H](CO)O1.FC(F)(F)C1CO1.NCc1ccccc1.O=C(O)C(Cl)COCc1ccccc1.O=N[O-].[H-].[Na+].[Na+]. The summed E-state index contributed by atoms with van der Waals surface area (Å²) >= 11 is 11.4. The fourth-order valence-electron chi connectivity index (χ4n) is 12.9. The van der Waals surface area contributed by atoms with E-state index in [2.05, 4.69) is 93.9 Å². The summed E-state index contributed by atoms with van der Waals surface area (Å²) in [6.45, 7) is 24.4. The summed E-state index contributed by atoms with van der Waals surface area (Å²) in [7, 11) is 0. The summed E-state index contributed by atoms with van der Waals surface area (Å²) in [5.41, 5.74) is 15.0. The van der Waals surface area contributed by atoms with Crippen molar-refractivity contribution in [1.82, 2.24) is 20.4 Å². The van der Waals surface area contributed by atoms with Crippen molar-refractivity contribution >= 4 is 52.9 Å². The fraction of sp³-hybridized carbons (Fsp3) is 0.482. The normalized spacial score (nSPS) is 16.7. The number of Topliss-reactive ketones (excluding diaryl/α,β-unsaturated/α-hetero) is 1. The maximum atomic E-state index is 12.6. The third kappa shape index (κ3) is 77.5. The zero-order valence-electron chi connectivity index (χ0n) is 83.6. The number of nitrogens with two attached hydrogens (primary N) is 1. The molecule has 13 rings (SSSR count). The van der Waals surface area contributed by atoms with Gasteiger partial charge in [-0.05, 0) is 131 Å². The van der Waals surface area contributed by atoms with Crippen molar-refractivity contribution in [3.05, 3.63) is 333 Å². The average Bonchev–Trinajstić information content (AvgIpc) is 1.29. The zero-order valence-corrected chi connectivity index (χ0v) is 88.1. The summed E-state index contributed by atoms with van der Waals surface area (Å²) < 4.78 is 86.9. The minimum Gasteiger partial charge on any atom is -1.00 e. The molecule has 0 saturated carbocycles. The molecule has 35 heteroatoms. The number of ether oxygens (including phenoxy) is 10. The molecule has 0 aromatic heterocycles. The number of aryl methyl sites for hydroxylation is 1. The minimum atomic E-state index is -4.11. The van der Waals surface area contributed by atoms with Crippen LogP contribution in [-0.4, -0.2) is 228 Å². The number of halogens is 5. The molecule has 3 unspecified atom stereocenters. The number of rotatable bonds is 37. The van der Waals surface area contributed by atoms with Gasteiger partial charge in [-0.1, -0.05) is 332 Å². The number of epoxide rings is 1. The van der Waals surface area contributed by atoms with Gasteiger partial charge in [0.25, 0.3) is 5.91 Å². The van der Waals surface area contributed by atoms with Crippen molar-refractivity contribution in [3.63, 3.8) is 0 Å². The van der Waals surface area contributed by atoms with Crippen LogP contribution in [0.3, 0.4) is 0 Å². The largest absolute Gasteiger partial charge is 1.00 e. The second-order valence-corrected chi connectivity index (χ2v) is 34.9. The monoisotopic (exact) mass is 2150 g/mol. The third-order valence-electron chi connectivity index (χ3n) is 19.8. The zero-order chi connectivity index (χ0) is 102. The molecule has 0 bridgehead atoms. The molecule has 4 saturated heterocycles. The van der Waals surface area contributed by atoms with Crippen LogP contribution >= 0.6 is 23.2 Å². The van der Waals surface area contributed by atoms with Gasteiger partial charge in [0.2, 0.25) is 0 Å². The van der Waals surface area contributed by atoms with Crippen LogP contribution in [-0.2, 0) is 126 Å². The van der Waals surface area contributed by atoms with Gasteiger partial charge in [-0.15, -0.1) is 28.5 Å². The van der Waals surface area contributed by atoms with Crippen molar-refractivity contribution in [3.8, 4) is 0 Å². The molecule has 0 spiro atoms. The van der Waals surface area contributed by atoms with Crippen molar-refractivity contribution in [2.24, 2.45) is 11.1 Å². The number of hydrogen-bond acceptors (Lipinski definition) is 24. The second kappa shape index (κ2) is 92.1. The molecule has 4 aliphatic heterocycles. The molecule has 0 radical (unpaired) electrons. The number of carbonyl (C=O) groups is 5. The first kappa shape index (κ1) is 153. The van der Waals surface area contributed by atoms with E-state index in [1.165, 1.54) is 22.3 Å². The molecule has 12 atom stereocenters. The number of aliphatic hydroxyl groups excluding tert-OH is 3. The maximum absolute atomic E-state index is 12.6. The van der Waals surface area contributed by atoms with E-state index in [9.17, 15) is 37.1 Å². The number of nitrogens with one attached hydrogen (secondary N) is 2. The van der Waals surface area contributed by atoms with Gasteiger partial charge in [0.05, 0.1) is 122 Å². The van der Waals surface area contributed by atoms with Crippen molar-refractivity contribution in [1.29, 1.82) is 0 Å². The molecule has 9 N–H and O–H groups in total. The smallest absolute Gasteiger partial charge is 1.00 e. The Hall–Kier alpha value is -8.50. The number of benzene rings is 9. The number of carboxylic acid groups (broad SMARTS) is 2. The first-order valence-electron chi connectivity index (χ1n) is 46.1. The van der Waals surface area contributed by atoms with E-state index in [0.717, 1.165) is 85.1 Å². The number of carbonyl (C=O) groups excluding carboxylic acids is 3. The van der Waals surface area contributed by atoms with Crippen molar-refractivity contribution in [2.75, 3.05) is 79.0 Å². The van der Waals surface area contributed by atoms with E-state index in [1.807, 2.05) is 232 Å². The van der Waals surface area contributed by atoms with Crippen molar-refractivity contribution in [2.45, 2.75) is 283 Å². The van der Waals surface area contributed by atoms with Crippen LogP contribution in [0.2, 0.25) is 0 Å². The van der Waals surface area contributed by atoms with Gasteiger partial charge in [0.1, 0.15) is 11.0 Å². The van der Waals surface area contributed by atoms with Crippen LogP contribution in [0, 0.1) is 10.1 Å². The molecule has 4 aliphatic rings. The van der Waals surface area contributed by atoms with Gasteiger partial charge >= 0.3 is 83.3 Å². The van der Waals surface area contributed by atoms with Crippen LogP contribution in [0.5, 0.6) is 0 Å². The Morgan fingerprint density at radius 3 is 1.20 bits per heavy atom. The Bertz CT molecular complexity index is 4670. The number of carboxylic acids is 2. The standard InChI is InChI=1S/C20H23NO3.C20H25NO2.C15H21NO5.C14H19ClO3.C11H16O.C10H11ClO3.C7H9N.C6H13NO2.C3H3F3O.8CH4.HNO2.2Na.H/c1-16-12-21(13-17-8-4-2-5-9-17)20(22)19(24-16)15-23-14-18-10-6-3-7-11-18;1-17-12-21(13-18-8-4-2-5-9-18)14-20(23-17)16-22-15-19-10-6-3-7-11-19;1-15(2,3)21-14(19)16-12(13(17)18)10-20-9-11-7-5-4-6-8-11;1-11(16)7-8-14(17)13(15)10-18-9-12-5-3-2-4-6-12;1-10(12)6-5-9-11-7-3-2-4-8-11;11-9(10(12)13)7-14-6-8-4-2-1-3-5-8;8-6-7-4-2-1-3-5-7;1-5-2-7-3-6(4-8)9-5;4-3(5,6)2-1-7-2;;;;;;;;;2-1-3;;;/h2-11,16,19H,12-15H2,1H3;2-11,17,20H,12-16H2,1H3;4-8,12H,9-10H2,1-3H3,(H,16,19)(H,17,18);2-6,11,13,16H,7-10H2,1H3;2-4,7-8,10,12H,5-6,9H2,1H3;1-5,9H,6-7H2,(H,12,13);1-5H,6,8H2;5-8H,2-4H2,1H3;2H,1H2;8*1H4;(H,2,3);;;/q;;;;;;;;;;;;;;;;;;2*+1;-1/p-1/t16-,19+;17-,20-;12-;11-,13-;;;;5-,6-;;;;;;;;;;;;;/m1111...1............./s1. The summed E-state index contributed by atoms with van der Waals surface area (Å²) in [5.74, 6) is -2.30. The van der Waals surface area contributed by atoms with Gasteiger partial charge in [0.15, 0.2) is 29.4 Å². The Labute approximate surface area is 943 Å².